The average Bonchev–Trinajstić information content (AvgIpc) is 3.47. The van der Waals surface area contributed by atoms with Crippen LogP contribution in [0.5, 0.6) is 0 Å². The Morgan fingerprint density at radius 2 is 1.86 bits per heavy atom. The number of aromatic nitrogens is 1. The Kier molecular flexibility index (Phi) is 6.70. The SMILES string of the molecule is O=C(Cc1cc(F)cc(F)c1)N1CCC([C@@]2(c3ccccn3)NC(=O)N(C[C@@H]3CCCO3)C2=O)CC1. The fourth-order valence-electron chi connectivity index (χ4n) is 5.57. The summed E-state index contributed by atoms with van der Waals surface area (Å²) in [7, 11) is 0. The molecule has 5 rings (SSSR count). The molecule has 2 atom stereocenters. The van der Waals surface area contributed by atoms with E-state index in [1.165, 1.54) is 4.90 Å². The van der Waals surface area contributed by atoms with Gasteiger partial charge in [-0.1, -0.05) is 6.07 Å². The molecule has 2 aromatic rings. The van der Waals surface area contributed by atoms with E-state index in [2.05, 4.69) is 10.3 Å². The van der Waals surface area contributed by atoms with Crippen LogP contribution in [0.25, 0.3) is 0 Å². The number of ether oxygens (including phenoxy) is 1. The smallest absolute Gasteiger partial charge is 0.325 e. The van der Waals surface area contributed by atoms with Crippen molar-refractivity contribution in [2.45, 2.75) is 43.7 Å². The lowest BCUT2D eigenvalue weighted by Crippen LogP contribution is -2.55. The van der Waals surface area contributed by atoms with Gasteiger partial charge in [-0.25, -0.2) is 13.6 Å². The number of amides is 4. The van der Waals surface area contributed by atoms with Crippen LogP contribution in [0.2, 0.25) is 0 Å². The standard InChI is InChI=1S/C26H28F2N4O4/c27-19-12-17(13-20(28)15-19)14-23(33)31-9-6-18(7-10-31)26(22-5-1-2-8-29-22)24(34)32(25(35)30-26)16-21-4-3-11-36-21/h1-2,5,8,12-13,15,18,21H,3-4,6-7,9-11,14,16H2,(H,30,35)/t21-,26-/m0/s1. The molecular weight excluding hydrogens is 470 g/mol. The zero-order valence-electron chi connectivity index (χ0n) is 19.8. The predicted molar refractivity (Wildman–Crippen MR) is 124 cm³/mol. The maximum Gasteiger partial charge on any atom is 0.325 e. The number of hydrogen-bond acceptors (Lipinski definition) is 5. The number of likely N-dealkylation sites (tertiary alicyclic amines) is 1. The molecule has 1 N–H and O–H groups in total. The van der Waals surface area contributed by atoms with Crippen LogP contribution >= 0.6 is 0 Å². The van der Waals surface area contributed by atoms with Crippen molar-refractivity contribution in [1.29, 1.82) is 0 Å². The van der Waals surface area contributed by atoms with Crippen LogP contribution in [0, 0.1) is 17.6 Å². The Balaban J connectivity index is 1.33. The van der Waals surface area contributed by atoms with E-state index in [-0.39, 0.29) is 42.4 Å². The van der Waals surface area contributed by atoms with Gasteiger partial charge >= 0.3 is 6.03 Å². The second kappa shape index (κ2) is 9.93. The molecule has 1 aromatic heterocycles. The summed E-state index contributed by atoms with van der Waals surface area (Å²) >= 11 is 0. The second-order valence-electron chi connectivity index (χ2n) is 9.61. The van der Waals surface area contributed by atoms with Gasteiger partial charge in [0.2, 0.25) is 5.91 Å². The third kappa shape index (κ3) is 4.57. The summed E-state index contributed by atoms with van der Waals surface area (Å²) in [5.41, 5.74) is -0.580. The van der Waals surface area contributed by atoms with E-state index in [0.717, 1.165) is 31.0 Å². The number of carbonyl (C=O) groups is 3. The summed E-state index contributed by atoms with van der Waals surface area (Å²) in [5.74, 6) is -2.32. The predicted octanol–water partition coefficient (Wildman–Crippen LogP) is 2.77. The quantitative estimate of drug-likeness (QED) is 0.619. The van der Waals surface area contributed by atoms with Crippen molar-refractivity contribution in [3.63, 3.8) is 0 Å². The van der Waals surface area contributed by atoms with E-state index in [0.29, 0.717) is 38.2 Å². The first-order chi connectivity index (χ1) is 17.4. The fraction of sp³-hybridized carbons (Fsp3) is 0.462. The number of imide groups is 1. The summed E-state index contributed by atoms with van der Waals surface area (Å²) < 4.78 is 32.7. The molecule has 0 saturated carbocycles. The molecule has 0 radical (unpaired) electrons. The third-order valence-electron chi connectivity index (χ3n) is 7.35. The lowest BCUT2D eigenvalue weighted by atomic mass is 9.75. The number of rotatable bonds is 6. The minimum absolute atomic E-state index is 0.116. The van der Waals surface area contributed by atoms with Crippen molar-refractivity contribution in [2.24, 2.45) is 5.92 Å². The third-order valence-corrected chi connectivity index (χ3v) is 7.35. The molecule has 0 bridgehead atoms. The highest BCUT2D eigenvalue weighted by Gasteiger charge is 2.58. The van der Waals surface area contributed by atoms with Crippen molar-refractivity contribution < 1.29 is 27.9 Å². The van der Waals surface area contributed by atoms with Crippen molar-refractivity contribution in [3.8, 4) is 0 Å². The summed E-state index contributed by atoms with van der Waals surface area (Å²) in [6.45, 7) is 1.52. The van der Waals surface area contributed by atoms with Crippen LogP contribution in [0.3, 0.4) is 0 Å². The average molecular weight is 499 g/mol. The second-order valence-corrected chi connectivity index (χ2v) is 9.61. The molecule has 8 nitrogen and oxygen atoms in total. The van der Waals surface area contributed by atoms with E-state index < -0.39 is 23.2 Å². The number of hydrogen-bond donors (Lipinski definition) is 1. The molecule has 3 aliphatic heterocycles. The molecule has 0 spiro atoms. The lowest BCUT2D eigenvalue weighted by molar-refractivity contribution is -0.137. The number of nitrogens with zero attached hydrogens (tertiary/aromatic N) is 3. The normalized spacial score (nSPS) is 24.9. The van der Waals surface area contributed by atoms with Gasteiger partial charge in [0.15, 0.2) is 5.54 Å². The number of halogens is 2. The number of piperidine rings is 1. The van der Waals surface area contributed by atoms with Gasteiger partial charge in [-0.3, -0.25) is 19.5 Å². The molecule has 1 aromatic carbocycles. The summed E-state index contributed by atoms with van der Waals surface area (Å²) in [4.78, 5) is 47.0. The highest BCUT2D eigenvalue weighted by molar-refractivity contribution is 6.07. The van der Waals surface area contributed by atoms with Gasteiger partial charge in [-0.2, -0.15) is 0 Å². The van der Waals surface area contributed by atoms with Gasteiger partial charge in [0.1, 0.15) is 11.6 Å². The monoisotopic (exact) mass is 498 g/mol. The first kappa shape index (κ1) is 24.3. The number of urea groups is 1. The molecule has 36 heavy (non-hydrogen) atoms. The number of benzene rings is 1. The molecule has 4 heterocycles. The number of pyridine rings is 1. The lowest BCUT2D eigenvalue weighted by Gasteiger charge is -2.40. The van der Waals surface area contributed by atoms with Gasteiger partial charge in [0.05, 0.1) is 24.8 Å². The zero-order valence-corrected chi connectivity index (χ0v) is 19.8. The van der Waals surface area contributed by atoms with Crippen molar-refractivity contribution in [2.75, 3.05) is 26.2 Å². The van der Waals surface area contributed by atoms with Crippen molar-refractivity contribution in [3.05, 3.63) is 65.5 Å². The van der Waals surface area contributed by atoms with Gasteiger partial charge in [-0.15, -0.1) is 0 Å². The first-order valence-corrected chi connectivity index (χ1v) is 12.3. The van der Waals surface area contributed by atoms with Gasteiger partial charge in [0, 0.05) is 37.9 Å². The fourth-order valence-corrected chi connectivity index (χ4v) is 5.57. The van der Waals surface area contributed by atoms with Gasteiger partial charge < -0.3 is 15.0 Å². The van der Waals surface area contributed by atoms with E-state index in [1.807, 2.05) is 0 Å². The molecule has 4 amide bonds. The summed E-state index contributed by atoms with van der Waals surface area (Å²) in [5, 5.41) is 2.96. The van der Waals surface area contributed by atoms with E-state index in [4.69, 9.17) is 4.74 Å². The zero-order chi connectivity index (χ0) is 25.3. The Bertz CT molecular complexity index is 1130. The highest BCUT2D eigenvalue weighted by atomic mass is 19.1. The van der Waals surface area contributed by atoms with Crippen LogP contribution in [0.15, 0.2) is 42.6 Å². The summed E-state index contributed by atoms with van der Waals surface area (Å²) in [6, 6.07) is 7.88. The van der Waals surface area contributed by atoms with E-state index in [1.54, 1.807) is 29.3 Å². The molecular formula is C26H28F2N4O4. The van der Waals surface area contributed by atoms with Crippen LogP contribution in [-0.2, 0) is 26.3 Å². The Hall–Kier alpha value is -3.40. The maximum absolute atomic E-state index is 13.8. The minimum atomic E-state index is -1.32. The molecule has 10 heteroatoms. The topological polar surface area (TPSA) is 91.8 Å². The summed E-state index contributed by atoms with van der Waals surface area (Å²) in [6.07, 6.45) is 3.91. The molecule has 3 aliphatic rings. The van der Waals surface area contributed by atoms with Crippen LogP contribution in [0.1, 0.15) is 36.9 Å². The molecule has 3 fully saturated rings. The molecule has 0 aliphatic carbocycles. The van der Waals surface area contributed by atoms with Crippen LogP contribution < -0.4 is 5.32 Å². The van der Waals surface area contributed by atoms with Crippen molar-refractivity contribution in [1.82, 2.24) is 20.1 Å². The number of carbonyl (C=O) groups excluding carboxylic acids is 3. The van der Waals surface area contributed by atoms with Gasteiger partial charge in [0.25, 0.3) is 5.91 Å². The minimum Gasteiger partial charge on any atom is -0.376 e. The van der Waals surface area contributed by atoms with Crippen LogP contribution in [0.4, 0.5) is 13.6 Å². The number of nitrogens with one attached hydrogen (secondary N) is 1. The van der Waals surface area contributed by atoms with E-state index >= 15 is 0 Å². The largest absolute Gasteiger partial charge is 0.376 e. The Morgan fingerprint density at radius 1 is 1.11 bits per heavy atom. The Labute approximate surface area is 207 Å². The first-order valence-electron chi connectivity index (χ1n) is 12.3. The molecule has 190 valence electrons. The van der Waals surface area contributed by atoms with Gasteiger partial charge in [-0.05, 0) is 55.5 Å². The van der Waals surface area contributed by atoms with Crippen LogP contribution in [-0.4, -0.2) is 65.0 Å². The Morgan fingerprint density at radius 3 is 2.50 bits per heavy atom. The van der Waals surface area contributed by atoms with Crippen molar-refractivity contribution >= 4 is 17.8 Å². The maximum atomic E-state index is 13.8. The van der Waals surface area contributed by atoms with E-state index in [9.17, 15) is 23.2 Å². The molecule has 0 unspecified atom stereocenters. The highest BCUT2D eigenvalue weighted by Crippen LogP contribution is 2.41. The molecule has 3 saturated heterocycles.